The third kappa shape index (κ3) is 43.4. The van der Waals surface area contributed by atoms with Gasteiger partial charge in [0.2, 0.25) is 0 Å². The summed E-state index contributed by atoms with van der Waals surface area (Å²) in [5.41, 5.74) is 0. The first kappa shape index (κ1) is 70.0. The minimum Gasteiger partial charge on any atom is 0 e. The molecule has 0 aromatic heterocycles. The second kappa shape index (κ2) is 35.7. The third-order valence-corrected chi connectivity index (χ3v) is 3.72. The maximum atomic E-state index is 10.2. The molecule has 0 saturated heterocycles. The molecule has 0 heterocycles. The van der Waals surface area contributed by atoms with Gasteiger partial charge in [-0.1, -0.05) is 0 Å². The fourth-order valence-corrected chi connectivity index (χ4v) is 1.74. The van der Waals surface area contributed by atoms with E-state index < -0.39 is 107 Å². The van der Waals surface area contributed by atoms with Crippen LogP contribution in [0.15, 0.2) is 0 Å². The van der Waals surface area contributed by atoms with Crippen molar-refractivity contribution >= 4 is 136 Å². The Morgan fingerprint density at radius 1 is 0.444 bits per heavy atom. The van der Waals surface area contributed by atoms with Gasteiger partial charge in [0.1, 0.15) is 48.8 Å². The number of carboxylic acids is 2. The van der Waals surface area contributed by atoms with Crippen LogP contribution < -0.4 is 0 Å². The van der Waals surface area contributed by atoms with E-state index in [0.29, 0.717) is 0 Å². The number of aliphatic hydroxyl groups excluding tert-OH is 12. The molecule has 18 N–H and O–H groups in total. The van der Waals surface area contributed by atoms with Gasteiger partial charge < -0.3 is 71.5 Å². The van der Waals surface area contributed by atoms with Crippen LogP contribution in [0.1, 0.15) is 0 Å². The van der Waals surface area contributed by atoms with E-state index in [0.717, 1.165) is 0 Å². The first-order valence-corrected chi connectivity index (χ1v) is 12.3. The van der Waals surface area contributed by atoms with E-state index in [4.69, 9.17) is 107 Å². The van der Waals surface area contributed by atoms with E-state index in [1.54, 1.807) is 0 Å². The van der Waals surface area contributed by atoms with E-state index in [1.807, 2.05) is 0 Å². The van der Waals surface area contributed by atoms with Gasteiger partial charge in [0.05, 0.1) is 13.2 Å². The minimum absolute atomic E-state index is 0. The summed E-state index contributed by atoms with van der Waals surface area (Å²) in [5, 5.41) is 123. The van der Waals surface area contributed by atoms with Crippen molar-refractivity contribution in [2.45, 2.75) is 61.0 Å². The van der Waals surface area contributed by atoms with Crippen molar-refractivity contribution in [3.8, 4) is 0 Å². The van der Waals surface area contributed by atoms with Gasteiger partial charge in [0, 0.05) is 58.4 Å². The molecule has 0 aliphatic rings. The van der Waals surface area contributed by atoms with Crippen LogP contribution in [0, 0.1) is 0 Å². The predicted octanol–water partition coefficient (Wildman–Crippen LogP) is -10.9. The van der Waals surface area contributed by atoms with E-state index in [1.165, 1.54) is 0 Å². The van der Waals surface area contributed by atoms with E-state index in [9.17, 15) is 9.59 Å². The summed E-state index contributed by atoms with van der Waals surface area (Å²) in [7, 11) is -9.33. The zero-order chi connectivity index (χ0) is 33.3. The Morgan fingerprint density at radius 3 is 0.711 bits per heavy atom. The molecule has 0 unspecified atom stereocenters. The molecule has 0 fully saturated rings. The molecule has 10 atom stereocenters. The number of hydrogen-bond acceptors (Lipinski definition) is 18. The van der Waals surface area contributed by atoms with Crippen LogP contribution in [0.5, 0.6) is 0 Å². The quantitative estimate of drug-likeness (QED) is 0.0638. The fourth-order valence-electron chi connectivity index (χ4n) is 1.74. The molecule has 0 spiro atoms. The van der Waals surface area contributed by atoms with Crippen molar-refractivity contribution in [3.63, 3.8) is 0 Å². The van der Waals surface area contributed by atoms with Crippen LogP contribution >= 0.6 is 0 Å². The van der Waals surface area contributed by atoms with Crippen LogP contribution in [0.25, 0.3) is 0 Å². The smallest absolute Gasteiger partial charge is 0 e. The molecule has 254 valence electrons. The van der Waals surface area contributed by atoms with Gasteiger partial charge in [-0.05, 0) is 0 Å². The van der Waals surface area contributed by atoms with Gasteiger partial charge in [0.25, 0.3) is 0 Å². The normalized spacial score (nSPS) is 16.9. The van der Waals surface area contributed by atoms with E-state index in [-0.39, 0.29) is 161 Å². The fraction of sp³-hybridized carbons (Fsp3) is 0.857. The summed E-state index contributed by atoms with van der Waals surface area (Å²) in [6.45, 7) is -1.76. The Morgan fingerprint density at radius 2 is 0.600 bits per heavy atom. The van der Waals surface area contributed by atoms with E-state index in [2.05, 4.69) is 0 Å². The summed E-state index contributed by atoms with van der Waals surface area (Å²) in [4.78, 5) is 20.4. The van der Waals surface area contributed by atoms with Crippen molar-refractivity contribution in [1.82, 2.24) is 0 Å². The molecule has 0 radical (unpaired) electrons. The first-order valence-electron chi connectivity index (χ1n) is 9.53. The summed E-state index contributed by atoms with van der Waals surface area (Å²) >= 11 is 0. The summed E-state index contributed by atoms with van der Waals surface area (Å²) in [5.74, 6) is -3.57. The van der Waals surface area contributed by atoms with Crippen molar-refractivity contribution in [2.75, 3.05) is 13.2 Å². The Hall–Kier alpha value is 3.34. The Kier molecular flexibility index (Phi) is 55.6. The van der Waals surface area contributed by atoms with Crippen molar-refractivity contribution in [3.05, 3.63) is 0 Å². The molecule has 0 aromatic rings. The van der Waals surface area contributed by atoms with Crippen LogP contribution in [0.3, 0.4) is 0 Å². The zero-order valence-electron chi connectivity index (χ0n) is 21.6. The number of aliphatic hydroxyl groups is 12. The molecule has 31 heteroatoms. The van der Waals surface area contributed by atoms with Gasteiger partial charge in [-0.3, -0.25) is 18.2 Å². The zero-order valence-corrected chi connectivity index (χ0v) is 32.2. The summed E-state index contributed by atoms with van der Waals surface area (Å²) < 4.78 is 63.2. The average Bonchev–Trinajstić information content (AvgIpc) is 2.81. The molecule has 0 aromatic carbocycles. The standard InChI is InChI=1S/2C7H14O8.2K.2H2O4S.3Zn.2H/c2*8-1-2(9)3(10)4(11)5(12)6(13)7(14)15;;;2*1-5(2,3)4;;;;;/h2*2-6,8-13H,1H2,(H,14,15);;;2*(H2,1,2,3,4);;;;;/t2*2-,3+,4-,5-,6-;;;;;;;;;/m11........./s1. The monoisotopic (exact) mass is 920 g/mol. The van der Waals surface area contributed by atoms with Crippen LogP contribution in [0.2, 0.25) is 0 Å². The van der Waals surface area contributed by atoms with Crippen LogP contribution in [-0.4, -0.2) is 295 Å². The third-order valence-electron chi connectivity index (χ3n) is 3.72. The molecule has 0 aliphatic heterocycles. The van der Waals surface area contributed by atoms with E-state index >= 15 is 0 Å². The van der Waals surface area contributed by atoms with Crippen molar-refractivity contribution in [1.29, 1.82) is 0 Å². The number of rotatable bonds is 12. The summed E-state index contributed by atoms with van der Waals surface area (Å²) in [6, 6.07) is 0. The molecular weight excluding hydrogens is 891 g/mol. The predicted molar refractivity (Wildman–Crippen MR) is 132 cm³/mol. The minimum atomic E-state index is -4.67. The number of hydrogen-bond donors (Lipinski definition) is 18. The molecule has 45 heavy (non-hydrogen) atoms. The Balaban J connectivity index is -0.0000000583. The summed E-state index contributed by atoms with van der Waals surface area (Å²) in [6.07, 6.45) is -20.5. The Bertz CT molecular complexity index is 844. The molecule has 24 nitrogen and oxygen atoms in total. The van der Waals surface area contributed by atoms with Crippen LogP contribution in [-0.2, 0) is 88.8 Å². The average molecular weight is 925 g/mol. The molecule has 0 aliphatic carbocycles. The molecular formula is C14H34K2O24S2Zn3. The molecule has 0 saturated carbocycles. The Labute approximate surface area is 378 Å². The first-order chi connectivity index (χ1) is 17.6. The largest absolute Gasteiger partial charge is 0 e. The number of carboxylic acid groups (broad SMARTS) is 2. The maximum Gasteiger partial charge on any atom is 0 e. The second-order valence-corrected chi connectivity index (χ2v) is 8.70. The second-order valence-electron chi connectivity index (χ2n) is 6.91. The van der Waals surface area contributed by atoms with Crippen LogP contribution in [0.4, 0.5) is 0 Å². The molecule has 0 amide bonds. The maximum absolute atomic E-state index is 10.2. The van der Waals surface area contributed by atoms with Crippen molar-refractivity contribution < 1.29 is 175 Å². The number of carbonyl (C=O) groups is 2. The van der Waals surface area contributed by atoms with Crippen molar-refractivity contribution in [2.24, 2.45) is 0 Å². The van der Waals surface area contributed by atoms with Gasteiger partial charge in [0.15, 0.2) is 12.2 Å². The topological polar surface area (TPSA) is 467 Å². The SMILES string of the molecule is O=C(O)[C@H](O)[C@H](O)[C@H](O)[C@@H](O)[C@H](O)CO.O=C(O)[C@H](O)[C@H](O)[C@H](O)[C@@H](O)[C@H](O)CO.O=S(=O)(O)O.O=S(=O)(O)O.[KH].[KH].[Zn].[Zn].[Zn]. The van der Waals surface area contributed by atoms with Gasteiger partial charge in [-0.25, -0.2) is 9.59 Å². The molecule has 0 rings (SSSR count). The van der Waals surface area contributed by atoms with Gasteiger partial charge in [-0.15, -0.1) is 0 Å². The molecule has 0 bridgehead atoms. The number of aliphatic carboxylic acids is 2. The van der Waals surface area contributed by atoms with Gasteiger partial charge in [-0.2, -0.15) is 16.8 Å². The van der Waals surface area contributed by atoms with Gasteiger partial charge >= 0.3 is 136 Å².